The van der Waals surface area contributed by atoms with Crippen LogP contribution in [-0.4, -0.2) is 35.3 Å². The number of ether oxygens (including phenoxy) is 2. The van der Waals surface area contributed by atoms with Gasteiger partial charge in [0.2, 0.25) is 5.79 Å². The van der Waals surface area contributed by atoms with E-state index in [2.05, 4.69) is 75.4 Å². The number of urea groups is 1. The molecule has 0 radical (unpaired) electrons. The molecule has 192 valence electrons. The number of aromatic nitrogens is 2. The van der Waals surface area contributed by atoms with Crippen molar-refractivity contribution in [1.29, 1.82) is 0 Å². The first kappa shape index (κ1) is 25.9. The lowest BCUT2D eigenvalue weighted by atomic mass is 9.92. The van der Waals surface area contributed by atoms with E-state index in [4.69, 9.17) is 9.47 Å². The van der Waals surface area contributed by atoms with Crippen LogP contribution < -0.4 is 10.6 Å². The molecule has 7 nitrogen and oxygen atoms in total. The summed E-state index contributed by atoms with van der Waals surface area (Å²) in [5.41, 5.74) is 4.78. The molecule has 2 heterocycles. The molecule has 36 heavy (non-hydrogen) atoms. The van der Waals surface area contributed by atoms with E-state index in [0.29, 0.717) is 13.2 Å². The van der Waals surface area contributed by atoms with E-state index in [1.54, 1.807) is 12.5 Å². The fraction of sp³-hybridized carbons (Fsp3) is 0.448. The first-order valence-electron chi connectivity index (χ1n) is 12.6. The molecule has 0 aliphatic carbocycles. The van der Waals surface area contributed by atoms with Gasteiger partial charge in [0.05, 0.1) is 26.1 Å². The lowest BCUT2D eigenvalue weighted by molar-refractivity contribution is -0.303. The predicted molar refractivity (Wildman–Crippen MR) is 143 cm³/mol. The summed E-state index contributed by atoms with van der Waals surface area (Å²) in [5.74, 6) is -0.533. The molecule has 1 aliphatic rings. The van der Waals surface area contributed by atoms with Crippen molar-refractivity contribution >= 4 is 11.7 Å². The maximum atomic E-state index is 13.2. The number of nitrogens with one attached hydrogen (secondary N) is 2. The Hall–Kier alpha value is -3.16. The highest BCUT2D eigenvalue weighted by molar-refractivity contribution is 5.91. The van der Waals surface area contributed by atoms with Gasteiger partial charge >= 0.3 is 6.03 Å². The molecule has 3 aromatic rings. The van der Waals surface area contributed by atoms with Gasteiger partial charge in [0.15, 0.2) is 0 Å². The molecule has 0 bridgehead atoms. The Balaban J connectivity index is 1.58. The van der Waals surface area contributed by atoms with Gasteiger partial charge in [-0.3, -0.25) is 0 Å². The van der Waals surface area contributed by atoms with Crippen molar-refractivity contribution in [3.63, 3.8) is 0 Å². The van der Waals surface area contributed by atoms with Gasteiger partial charge in [-0.05, 0) is 35.1 Å². The number of anilines is 1. The lowest BCUT2D eigenvalue weighted by Crippen LogP contribution is -2.52. The summed E-state index contributed by atoms with van der Waals surface area (Å²) in [7, 11) is 0. The highest BCUT2D eigenvalue weighted by Gasteiger charge is 2.42. The van der Waals surface area contributed by atoms with E-state index in [9.17, 15) is 4.79 Å². The van der Waals surface area contributed by atoms with Crippen LogP contribution in [0.1, 0.15) is 70.1 Å². The quantitative estimate of drug-likeness (QED) is 0.415. The molecule has 1 fully saturated rings. The second-order valence-corrected chi connectivity index (χ2v) is 10.9. The Labute approximate surface area is 214 Å². The number of para-hydroxylation sites is 1. The highest BCUT2D eigenvalue weighted by atomic mass is 16.7. The molecule has 0 saturated carbocycles. The van der Waals surface area contributed by atoms with Crippen molar-refractivity contribution in [2.24, 2.45) is 5.41 Å². The van der Waals surface area contributed by atoms with E-state index < -0.39 is 5.79 Å². The van der Waals surface area contributed by atoms with E-state index >= 15 is 0 Å². The molecule has 0 atom stereocenters. The van der Waals surface area contributed by atoms with Crippen LogP contribution >= 0.6 is 0 Å². The minimum Gasteiger partial charge on any atom is -0.344 e. The molecule has 2 amide bonds. The smallest absolute Gasteiger partial charge is 0.319 e. The van der Waals surface area contributed by atoms with Crippen molar-refractivity contribution < 1.29 is 14.3 Å². The standard InChI is InChI=1S/C29H38N4O3/c1-20(2)24-11-8-12-25(21(3)4)26(24)32-27(34)31-16-29(35-17-28(5,6)18-36-29)22-9-7-10-23(15-22)33-14-13-30-19-33/h7-15,19-21H,16-18H2,1-6H3,(H2,31,32,34). The van der Waals surface area contributed by atoms with Crippen LogP contribution in [-0.2, 0) is 15.3 Å². The van der Waals surface area contributed by atoms with E-state index in [0.717, 1.165) is 28.1 Å². The Morgan fingerprint density at radius 3 is 2.25 bits per heavy atom. The number of carbonyl (C=O) groups is 1. The van der Waals surface area contributed by atoms with Gasteiger partial charge in [-0.2, -0.15) is 0 Å². The first-order valence-corrected chi connectivity index (χ1v) is 12.6. The summed E-state index contributed by atoms with van der Waals surface area (Å²) in [6.45, 7) is 13.9. The first-order chi connectivity index (χ1) is 17.1. The maximum Gasteiger partial charge on any atom is 0.319 e. The van der Waals surface area contributed by atoms with E-state index in [1.165, 1.54) is 0 Å². The topological polar surface area (TPSA) is 77.4 Å². The second-order valence-electron chi connectivity index (χ2n) is 10.9. The number of hydrogen-bond acceptors (Lipinski definition) is 4. The molecule has 7 heteroatoms. The Morgan fingerprint density at radius 1 is 1.03 bits per heavy atom. The van der Waals surface area contributed by atoms with Crippen LogP contribution in [0.3, 0.4) is 0 Å². The summed E-state index contributed by atoms with van der Waals surface area (Å²) in [6, 6.07) is 13.9. The number of carbonyl (C=O) groups excluding carboxylic acids is 1. The number of hydrogen-bond donors (Lipinski definition) is 2. The minimum absolute atomic E-state index is 0.115. The molecule has 1 aromatic heterocycles. The van der Waals surface area contributed by atoms with Gasteiger partial charge in [-0.25, -0.2) is 9.78 Å². The van der Waals surface area contributed by atoms with Gasteiger partial charge in [0.1, 0.15) is 0 Å². The van der Waals surface area contributed by atoms with Gasteiger partial charge in [-0.1, -0.05) is 71.9 Å². The number of nitrogens with zero attached hydrogens (tertiary/aromatic N) is 2. The predicted octanol–water partition coefficient (Wildman–Crippen LogP) is 6.17. The maximum absolute atomic E-state index is 13.2. The number of benzene rings is 2. The fourth-order valence-electron chi connectivity index (χ4n) is 4.44. The molecule has 4 rings (SSSR count). The lowest BCUT2D eigenvalue weighted by Gasteiger charge is -2.43. The van der Waals surface area contributed by atoms with Gasteiger partial charge < -0.3 is 24.7 Å². The van der Waals surface area contributed by atoms with Crippen molar-refractivity contribution in [3.05, 3.63) is 77.9 Å². The fourth-order valence-corrected chi connectivity index (χ4v) is 4.44. The van der Waals surface area contributed by atoms with Crippen LogP contribution in [0, 0.1) is 5.41 Å². The van der Waals surface area contributed by atoms with E-state index in [-0.39, 0.29) is 29.8 Å². The average molecular weight is 491 g/mol. The third kappa shape index (κ3) is 5.63. The molecule has 0 spiro atoms. The summed E-state index contributed by atoms with van der Waals surface area (Å²) < 4.78 is 14.7. The van der Waals surface area contributed by atoms with Gasteiger partial charge in [0.25, 0.3) is 0 Å². The zero-order valence-corrected chi connectivity index (χ0v) is 22.2. The van der Waals surface area contributed by atoms with Crippen LogP contribution in [0.4, 0.5) is 10.5 Å². The third-order valence-corrected chi connectivity index (χ3v) is 6.57. The molecular weight excluding hydrogens is 452 g/mol. The molecule has 1 saturated heterocycles. The van der Waals surface area contributed by atoms with Crippen molar-refractivity contribution in [2.45, 2.75) is 59.2 Å². The van der Waals surface area contributed by atoms with Gasteiger partial charge in [-0.15, -0.1) is 0 Å². The highest BCUT2D eigenvalue weighted by Crippen LogP contribution is 2.37. The molecule has 1 aliphatic heterocycles. The molecule has 2 N–H and O–H groups in total. The SMILES string of the molecule is CC(C)c1cccc(C(C)C)c1NC(=O)NCC1(c2cccc(-n3ccnc3)c2)OCC(C)(C)CO1. The minimum atomic E-state index is -1.10. The molecule has 0 unspecified atom stereocenters. The summed E-state index contributed by atoms with van der Waals surface area (Å²) >= 11 is 0. The Morgan fingerprint density at radius 2 is 1.67 bits per heavy atom. The van der Waals surface area contributed by atoms with Crippen LogP contribution in [0.25, 0.3) is 5.69 Å². The van der Waals surface area contributed by atoms with Crippen molar-refractivity contribution in [1.82, 2.24) is 14.9 Å². The third-order valence-electron chi connectivity index (χ3n) is 6.57. The summed E-state index contributed by atoms with van der Waals surface area (Å²) in [6.07, 6.45) is 5.38. The summed E-state index contributed by atoms with van der Waals surface area (Å²) in [4.78, 5) is 17.4. The van der Waals surface area contributed by atoms with Crippen molar-refractivity contribution in [2.75, 3.05) is 25.1 Å². The zero-order chi connectivity index (χ0) is 25.9. The largest absolute Gasteiger partial charge is 0.344 e. The average Bonchev–Trinajstić information content (AvgIpc) is 3.39. The normalized spacial score (nSPS) is 16.8. The van der Waals surface area contributed by atoms with Crippen molar-refractivity contribution in [3.8, 4) is 5.69 Å². The second kappa shape index (κ2) is 10.4. The molecular formula is C29H38N4O3. The van der Waals surface area contributed by atoms with Crippen LogP contribution in [0.15, 0.2) is 61.2 Å². The number of rotatable bonds is 7. The van der Waals surface area contributed by atoms with Crippen LogP contribution in [0.5, 0.6) is 0 Å². The number of imidazole rings is 1. The zero-order valence-electron chi connectivity index (χ0n) is 22.2. The number of amides is 2. The van der Waals surface area contributed by atoms with Gasteiger partial charge in [0, 0.05) is 34.7 Å². The van der Waals surface area contributed by atoms with E-state index in [1.807, 2.05) is 35.0 Å². The monoisotopic (exact) mass is 490 g/mol. The Kier molecular flexibility index (Phi) is 7.52. The van der Waals surface area contributed by atoms with Crippen LogP contribution in [0.2, 0.25) is 0 Å². The molecule has 2 aromatic carbocycles. The Bertz CT molecular complexity index is 1150. The summed E-state index contributed by atoms with van der Waals surface area (Å²) in [5, 5.41) is 6.16.